The van der Waals surface area contributed by atoms with Crippen LogP contribution in [0.5, 0.6) is 0 Å². The summed E-state index contributed by atoms with van der Waals surface area (Å²) in [6.07, 6.45) is -0.454. The van der Waals surface area contributed by atoms with E-state index in [1.54, 1.807) is 0 Å². The molecule has 1 heterocycles. The first-order chi connectivity index (χ1) is 6.07. The molecule has 0 atom stereocenters. The molecule has 1 aliphatic heterocycles. The highest BCUT2D eigenvalue weighted by Crippen LogP contribution is 2.25. The van der Waals surface area contributed by atoms with Crippen LogP contribution in [0.15, 0.2) is 0 Å². The maximum Gasteiger partial charge on any atom is 0.364 e. The minimum atomic E-state index is -1.74. The van der Waals surface area contributed by atoms with Crippen molar-refractivity contribution in [1.29, 1.82) is 0 Å². The van der Waals surface area contributed by atoms with Gasteiger partial charge in [0.05, 0.1) is 19.6 Å². The highest BCUT2D eigenvalue weighted by atomic mass is 16.8. The van der Waals surface area contributed by atoms with E-state index in [4.69, 9.17) is 19.7 Å². The second kappa shape index (κ2) is 3.71. The number of ether oxygens (including phenoxy) is 2. The van der Waals surface area contributed by atoms with Gasteiger partial charge in [-0.25, -0.2) is 4.79 Å². The number of hydrogen-bond acceptors (Lipinski definition) is 4. The third-order valence-electron chi connectivity index (χ3n) is 1.75. The molecule has 13 heavy (non-hydrogen) atoms. The number of hydrogen-bond donors (Lipinski definition) is 2. The predicted octanol–water partition coefficient (Wildman–Crippen LogP) is -0.321. The molecule has 74 valence electrons. The summed E-state index contributed by atoms with van der Waals surface area (Å²) in [7, 11) is 0. The fraction of sp³-hybridized carbons (Fsp3) is 0.714. The molecule has 0 aliphatic carbocycles. The van der Waals surface area contributed by atoms with Gasteiger partial charge >= 0.3 is 11.9 Å². The molecule has 1 fully saturated rings. The summed E-state index contributed by atoms with van der Waals surface area (Å²) in [5.41, 5.74) is 0. The van der Waals surface area contributed by atoms with Gasteiger partial charge < -0.3 is 19.7 Å². The lowest BCUT2D eigenvalue weighted by atomic mass is 10.1. The van der Waals surface area contributed by atoms with E-state index in [9.17, 15) is 9.59 Å². The largest absolute Gasteiger partial charge is 0.481 e. The molecule has 0 spiro atoms. The lowest BCUT2D eigenvalue weighted by Crippen LogP contribution is -2.40. The second-order valence-corrected chi connectivity index (χ2v) is 2.65. The molecule has 0 radical (unpaired) electrons. The Morgan fingerprint density at radius 3 is 2.15 bits per heavy atom. The van der Waals surface area contributed by atoms with Crippen LogP contribution < -0.4 is 0 Å². The SMILES string of the molecule is O=C(O)CCC1(C(=O)O)OCCO1. The van der Waals surface area contributed by atoms with Gasteiger partial charge in [-0.3, -0.25) is 4.79 Å². The smallest absolute Gasteiger partial charge is 0.364 e. The molecule has 6 nitrogen and oxygen atoms in total. The zero-order valence-electron chi connectivity index (χ0n) is 6.86. The molecule has 0 unspecified atom stereocenters. The van der Waals surface area contributed by atoms with Gasteiger partial charge in [-0.05, 0) is 0 Å². The molecule has 1 rings (SSSR count). The fourth-order valence-corrected chi connectivity index (χ4v) is 1.10. The third kappa shape index (κ3) is 2.16. The van der Waals surface area contributed by atoms with Gasteiger partial charge in [0, 0.05) is 6.42 Å². The maximum absolute atomic E-state index is 10.7. The van der Waals surface area contributed by atoms with E-state index < -0.39 is 17.7 Å². The summed E-state index contributed by atoms with van der Waals surface area (Å²) in [4.78, 5) is 20.9. The maximum atomic E-state index is 10.7. The molecule has 0 bridgehead atoms. The van der Waals surface area contributed by atoms with Crippen LogP contribution in [0.25, 0.3) is 0 Å². The minimum Gasteiger partial charge on any atom is -0.481 e. The van der Waals surface area contributed by atoms with E-state index in [0.717, 1.165) is 0 Å². The van der Waals surface area contributed by atoms with Crippen LogP contribution in [0.3, 0.4) is 0 Å². The van der Waals surface area contributed by atoms with Crippen molar-refractivity contribution in [3.63, 3.8) is 0 Å². The Kier molecular flexibility index (Phi) is 2.84. The van der Waals surface area contributed by atoms with E-state index in [2.05, 4.69) is 0 Å². The summed E-state index contributed by atoms with van der Waals surface area (Å²) < 4.78 is 9.73. The van der Waals surface area contributed by atoms with Crippen molar-refractivity contribution >= 4 is 11.9 Å². The Hall–Kier alpha value is -1.14. The number of carbonyl (C=O) groups is 2. The zero-order valence-corrected chi connectivity index (χ0v) is 6.86. The van der Waals surface area contributed by atoms with Crippen LogP contribution in [0, 0.1) is 0 Å². The van der Waals surface area contributed by atoms with E-state index in [1.165, 1.54) is 0 Å². The Morgan fingerprint density at radius 1 is 1.23 bits per heavy atom. The molecular formula is C7H10O6. The van der Waals surface area contributed by atoms with Crippen LogP contribution >= 0.6 is 0 Å². The molecule has 2 N–H and O–H groups in total. The first-order valence-corrected chi connectivity index (χ1v) is 3.80. The number of rotatable bonds is 4. The van der Waals surface area contributed by atoms with Crippen molar-refractivity contribution in [2.45, 2.75) is 18.6 Å². The molecule has 0 amide bonds. The standard InChI is InChI=1S/C7H10O6/c8-5(9)1-2-7(6(10)11)12-3-4-13-7/h1-4H2,(H,8,9)(H,10,11). The highest BCUT2D eigenvalue weighted by molar-refractivity contribution is 5.77. The molecule has 1 aliphatic rings. The van der Waals surface area contributed by atoms with Crippen LogP contribution in [-0.4, -0.2) is 41.2 Å². The van der Waals surface area contributed by atoms with Crippen molar-refractivity contribution in [1.82, 2.24) is 0 Å². The summed E-state index contributed by atoms with van der Waals surface area (Å²) in [5.74, 6) is -4.08. The van der Waals surface area contributed by atoms with E-state index in [-0.39, 0.29) is 26.1 Å². The molecule has 6 heteroatoms. The molecular weight excluding hydrogens is 180 g/mol. The Labute approximate surface area is 74.1 Å². The number of carboxylic acid groups (broad SMARTS) is 2. The van der Waals surface area contributed by atoms with Crippen molar-refractivity contribution in [3.8, 4) is 0 Å². The predicted molar refractivity (Wildman–Crippen MR) is 39.1 cm³/mol. The third-order valence-corrected chi connectivity index (χ3v) is 1.75. The normalized spacial score (nSPS) is 20.0. The van der Waals surface area contributed by atoms with Crippen molar-refractivity contribution < 1.29 is 29.3 Å². The molecule has 0 aromatic heterocycles. The Bertz CT molecular complexity index is 217. The second-order valence-electron chi connectivity index (χ2n) is 2.65. The Morgan fingerprint density at radius 2 is 1.77 bits per heavy atom. The summed E-state index contributed by atoms with van der Waals surface area (Å²) >= 11 is 0. The fourth-order valence-electron chi connectivity index (χ4n) is 1.10. The topological polar surface area (TPSA) is 93.1 Å². The molecule has 0 saturated carbocycles. The zero-order chi connectivity index (χ0) is 9.90. The van der Waals surface area contributed by atoms with Crippen LogP contribution in [0.2, 0.25) is 0 Å². The average molecular weight is 190 g/mol. The first kappa shape index (κ1) is 9.94. The van der Waals surface area contributed by atoms with Crippen LogP contribution in [0.1, 0.15) is 12.8 Å². The van der Waals surface area contributed by atoms with Gasteiger partial charge in [0.15, 0.2) is 0 Å². The van der Waals surface area contributed by atoms with Gasteiger partial charge in [0.1, 0.15) is 0 Å². The van der Waals surface area contributed by atoms with Crippen molar-refractivity contribution in [2.24, 2.45) is 0 Å². The molecule has 1 saturated heterocycles. The summed E-state index contributed by atoms with van der Waals surface area (Å²) in [6, 6.07) is 0. The lowest BCUT2D eigenvalue weighted by molar-refractivity contribution is -0.203. The highest BCUT2D eigenvalue weighted by Gasteiger charge is 2.44. The summed E-state index contributed by atoms with van der Waals surface area (Å²) in [5, 5.41) is 17.1. The van der Waals surface area contributed by atoms with E-state index in [0.29, 0.717) is 0 Å². The van der Waals surface area contributed by atoms with Gasteiger partial charge in [0.2, 0.25) is 0 Å². The van der Waals surface area contributed by atoms with Gasteiger partial charge in [-0.1, -0.05) is 0 Å². The van der Waals surface area contributed by atoms with Crippen molar-refractivity contribution in [2.75, 3.05) is 13.2 Å². The average Bonchev–Trinajstić information content (AvgIpc) is 2.50. The molecule has 0 aromatic carbocycles. The number of aliphatic carboxylic acids is 2. The monoisotopic (exact) mass is 190 g/mol. The van der Waals surface area contributed by atoms with Crippen LogP contribution in [0.4, 0.5) is 0 Å². The van der Waals surface area contributed by atoms with Crippen LogP contribution in [-0.2, 0) is 19.1 Å². The summed E-state index contributed by atoms with van der Waals surface area (Å²) in [6.45, 7) is 0.373. The quantitative estimate of drug-likeness (QED) is 0.631. The van der Waals surface area contributed by atoms with Gasteiger partial charge in [-0.15, -0.1) is 0 Å². The van der Waals surface area contributed by atoms with Gasteiger partial charge in [0.25, 0.3) is 5.79 Å². The lowest BCUT2D eigenvalue weighted by Gasteiger charge is -2.20. The minimum absolute atomic E-state index is 0.169. The Balaban J connectivity index is 2.57. The molecule has 0 aromatic rings. The van der Waals surface area contributed by atoms with Crippen molar-refractivity contribution in [3.05, 3.63) is 0 Å². The van der Waals surface area contributed by atoms with E-state index in [1.807, 2.05) is 0 Å². The van der Waals surface area contributed by atoms with E-state index >= 15 is 0 Å². The number of carboxylic acids is 2. The first-order valence-electron chi connectivity index (χ1n) is 3.80. The van der Waals surface area contributed by atoms with Gasteiger partial charge in [-0.2, -0.15) is 0 Å².